The van der Waals surface area contributed by atoms with Gasteiger partial charge in [-0.1, -0.05) is 13.8 Å². The van der Waals surface area contributed by atoms with Crippen LogP contribution in [-0.4, -0.2) is 112 Å². The molecular formula is C28H53N11O10+2. The second-order valence-corrected chi connectivity index (χ2v) is 12.0. The molecule has 0 bridgehead atoms. The van der Waals surface area contributed by atoms with Gasteiger partial charge >= 0.3 is 11.9 Å². The average Bonchev–Trinajstić information content (AvgIpc) is 2.97. The molecule has 0 aromatic carbocycles. The van der Waals surface area contributed by atoms with Crippen LogP contribution in [0.5, 0.6) is 0 Å². The summed E-state index contributed by atoms with van der Waals surface area (Å²) in [7, 11) is 0. The van der Waals surface area contributed by atoms with E-state index in [1.54, 1.807) is 13.8 Å². The number of aliphatic carboxylic acids is 1. The number of primary amides is 2. The first kappa shape index (κ1) is 43.9. The van der Waals surface area contributed by atoms with E-state index in [9.17, 15) is 48.6 Å². The summed E-state index contributed by atoms with van der Waals surface area (Å²) < 4.78 is 0. The second-order valence-electron chi connectivity index (χ2n) is 12.0. The molecule has 0 unspecified atom stereocenters. The van der Waals surface area contributed by atoms with Crippen LogP contribution in [0.1, 0.15) is 66.2 Å². The summed E-state index contributed by atoms with van der Waals surface area (Å²) in [5.74, 6) is -7.56. The van der Waals surface area contributed by atoms with Crippen molar-refractivity contribution in [3.05, 3.63) is 0 Å². The number of rotatable bonds is 23. The van der Waals surface area contributed by atoms with Gasteiger partial charge in [0.15, 0.2) is 6.04 Å². The number of aliphatic hydroxyl groups is 1. The van der Waals surface area contributed by atoms with Gasteiger partial charge in [0.2, 0.25) is 35.4 Å². The molecular weight excluding hydrogens is 650 g/mol. The van der Waals surface area contributed by atoms with Crippen molar-refractivity contribution in [3.63, 3.8) is 0 Å². The van der Waals surface area contributed by atoms with Gasteiger partial charge in [-0.2, -0.15) is 0 Å². The van der Waals surface area contributed by atoms with Gasteiger partial charge in [-0.25, -0.2) is 4.79 Å². The predicted octanol–water partition coefficient (Wildman–Crippen LogP) is -8.17. The van der Waals surface area contributed by atoms with Crippen molar-refractivity contribution in [2.75, 3.05) is 6.54 Å². The van der Waals surface area contributed by atoms with Gasteiger partial charge in [-0.3, -0.25) is 50.0 Å². The Kier molecular flexibility index (Phi) is 19.5. The molecule has 0 saturated carbocycles. The Morgan fingerprint density at radius 3 is 1.73 bits per heavy atom. The quantitative estimate of drug-likeness (QED) is 0.0268. The number of hydrogen-bond acceptors (Lipinski definition) is 9. The van der Waals surface area contributed by atoms with Crippen molar-refractivity contribution in [1.82, 2.24) is 26.6 Å². The standard InChI is InChI=1S/C28H51N11O10/c1-12(2)10-18(25(46)37-17(27(48)49)7-8-19(30)41)38-26(47)21(14(4)40)39-22(43)13(3)35-24(45)16(6-5-9-34-28(32)33)36-23(44)15(29)11-20(31)42/h12-18,21,40H,5-11,29H2,1-4H3,(H2,30,41)(H2,31,42)(H,35,45)(H,36,44)(H,37,46)(H,38,47)(H,39,43)(H,48,49)(H4,32,33,34)/p+2/t13-,14+,15-,16-,17-,18-,21-/m0/s1. The predicted molar refractivity (Wildman–Crippen MR) is 171 cm³/mol. The van der Waals surface area contributed by atoms with E-state index in [1.165, 1.54) is 13.8 Å². The molecule has 0 rings (SSSR count). The van der Waals surface area contributed by atoms with Crippen LogP contribution >= 0.6 is 0 Å². The summed E-state index contributed by atoms with van der Waals surface area (Å²) >= 11 is 0. The molecule has 7 amide bonds. The van der Waals surface area contributed by atoms with E-state index < -0.39 is 89.7 Å². The topological polar surface area (TPSA) is 383 Å². The van der Waals surface area contributed by atoms with E-state index in [1.807, 2.05) is 0 Å². The number of carbonyl (C=O) groups is 8. The van der Waals surface area contributed by atoms with E-state index in [0.29, 0.717) is 0 Å². The molecule has 0 radical (unpaired) electrons. The van der Waals surface area contributed by atoms with Crippen LogP contribution in [0.2, 0.25) is 0 Å². The van der Waals surface area contributed by atoms with E-state index >= 15 is 0 Å². The number of hydrogen-bond donors (Lipinski definition) is 13. The van der Waals surface area contributed by atoms with Crippen LogP contribution in [-0.2, 0) is 38.4 Å². The highest BCUT2D eigenvalue weighted by atomic mass is 16.4. The lowest BCUT2D eigenvalue weighted by atomic mass is 10.0. The van der Waals surface area contributed by atoms with Crippen molar-refractivity contribution >= 4 is 53.3 Å². The zero-order chi connectivity index (χ0) is 38.0. The minimum Gasteiger partial charge on any atom is -0.480 e. The molecule has 0 saturated heterocycles. The van der Waals surface area contributed by atoms with Crippen molar-refractivity contribution in [2.24, 2.45) is 28.9 Å². The molecule has 21 heteroatoms. The first-order chi connectivity index (χ1) is 22.7. The van der Waals surface area contributed by atoms with E-state index in [0.717, 1.165) is 0 Å². The molecule has 7 atom stereocenters. The minimum absolute atomic E-state index is 0.0404. The third kappa shape index (κ3) is 18.2. The number of amides is 7. The van der Waals surface area contributed by atoms with E-state index in [2.05, 4.69) is 37.3 Å². The molecule has 21 nitrogen and oxygen atoms in total. The number of nitrogens with one attached hydrogen (secondary N) is 6. The second kappa shape index (κ2) is 21.8. The molecule has 0 aliphatic rings. The Morgan fingerprint density at radius 1 is 0.694 bits per heavy atom. The summed E-state index contributed by atoms with van der Waals surface area (Å²) in [5.41, 5.74) is 24.5. The lowest BCUT2D eigenvalue weighted by Gasteiger charge is -2.27. The highest BCUT2D eigenvalue weighted by Crippen LogP contribution is 2.08. The van der Waals surface area contributed by atoms with Crippen LogP contribution in [0.3, 0.4) is 0 Å². The van der Waals surface area contributed by atoms with Gasteiger partial charge in [-0.05, 0) is 45.4 Å². The normalized spacial score (nSPS) is 15.2. The smallest absolute Gasteiger partial charge is 0.338 e. The van der Waals surface area contributed by atoms with Gasteiger partial charge in [0.05, 0.1) is 19.1 Å². The average molecular weight is 704 g/mol. The molecule has 0 aromatic heterocycles. The molecule has 19 N–H and O–H groups in total. The Morgan fingerprint density at radius 2 is 1.24 bits per heavy atom. The van der Waals surface area contributed by atoms with Gasteiger partial charge < -0.3 is 54.0 Å². The number of nitrogens with two attached hydrogens (primary N) is 4. The maximum absolute atomic E-state index is 13.2. The Balaban J connectivity index is 5.76. The highest BCUT2D eigenvalue weighted by Gasteiger charge is 2.34. The van der Waals surface area contributed by atoms with Gasteiger partial charge in [-0.15, -0.1) is 0 Å². The van der Waals surface area contributed by atoms with E-state index in [4.69, 9.17) is 22.9 Å². The molecule has 0 aromatic rings. The summed E-state index contributed by atoms with van der Waals surface area (Å²) in [4.78, 5) is 102. The summed E-state index contributed by atoms with van der Waals surface area (Å²) in [6, 6.07) is -8.02. The van der Waals surface area contributed by atoms with Crippen molar-refractivity contribution in [3.8, 4) is 0 Å². The van der Waals surface area contributed by atoms with Crippen LogP contribution in [0.25, 0.3) is 0 Å². The number of carbonyl (C=O) groups excluding carboxylic acids is 7. The first-order valence-corrected chi connectivity index (χ1v) is 15.6. The van der Waals surface area contributed by atoms with Gasteiger partial charge in [0.1, 0.15) is 30.2 Å². The Hall–Kier alpha value is -5.05. The zero-order valence-corrected chi connectivity index (χ0v) is 28.2. The number of aliphatic hydroxyl groups excluding tert-OH is 1. The number of quaternary nitrogens is 1. The van der Waals surface area contributed by atoms with Crippen molar-refractivity contribution in [2.45, 2.75) is 109 Å². The largest absolute Gasteiger partial charge is 0.480 e. The first-order valence-electron chi connectivity index (χ1n) is 15.6. The highest BCUT2D eigenvalue weighted by molar-refractivity contribution is 5.96. The maximum atomic E-state index is 13.2. The van der Waals surface area contributed by atoms with Crippen LogP contribution in [0, 0.1) is 5.92 Å². The molecule has 0 aliphatic carbocycles. The van der Waals surface area contributed by atoms with Crippen molar-refractivity contribution in [1.29, 1.82) is 0 Å². The zero-order valence-electron chi connectivity index (χ0n) is 28.2. The SMILES string of the molecule is CC(C)C[C@H](NC(=O)[C@@H](NC(=O)[C@H](C)NC(=O)[C@H](CCC[NH+]=C(N)N)NC(=O)[C@@H]([NH3+])CC(N)=O)[C@@H](C)O)C(=O)N[C@@H](CCC(N)=O)C(=O)O. The summed E-state index contributed by atoms with van der Waals surface area (Å²) in [5, 5.41) is 31.6. The van der Waals surface area contributed by atoms with Gasteiger partial charge in [0.25, 0.3) is 5.91 Å². The van der Waals surface area contributed by atoms with Crippen LogP contribution < -0.4 is 60.2 Å². The number of carboxylic acids is 1. The molecule has 0 aliphatic heterocycles. The molecule has 0 heterocycles. The lowest BCUT2D eigenvalue weighted by molar-refractivity contribution is -0.459. The Labute approximate surface area is 283 Å². The van der Waals surface area contributed by atoms with Gasteiger partial charge in [0, 0.05) is 6.42 Å². The third-order valence-electron chi connectivity index (χ3n) is 6.90. The monoisotopic (exact) mass is 703 g/mol. The Bertz CT molecular complexity index is 1220. The van der Waals surface area contributed by atoms with Crippen LogP contribution in [0.15, 0.2) is 0 Å². The number of guanidine groups is 1. The molecule has 49 heavy (non-hydrogen) atoms. The maximum Gasteiger partial charge on any atom is 0.338 e. The fourth-order valence-corrected chi connectivity index (χ4v) is 4.28. The summed E-state index contributed by atoms with van der Waals surface area (Å²) in [6.07, 6.45) is -2.12. The fourth-order valence-electron chi connectivity index (χ4n) is 4.28. The lowest BCUT2D eigenvalue weighted by Crippen LogP contribution is -2.78. The minimum atomic E-state index is -1.63. The molecule has 278 valence electrons. The summed E-state index contributed by atoms with van der Waals surface area (Å²) in [6.45, 7) is 6.18. The molecule has 0 fully saturated rings. The molecule has 0 spiro atoms. The third-order valence-corrected chi connectivity index (χ3v) is 6.90. The van der Waals surface area contributed by atoms with Crippen LogP contribution in [0.4, 0.5) is 0 Å². The fraction of sp³-hybridized carbons (Fsp3) is 0.679. The van der Waals surface area contributed by atoms with Crippen molar-refractivity contribution < 1.29 is 59.3 Å². The van der Waals surface area contributed by atoms with E-state index in [-0.39, 0.29) is 56.9 Å². The number of carboxylic acid groups (broad SMARTS) is 1.